The van der Waals surface area contributed by atoms with Gasteiger partial charge >= 0.3 is 0 Å². The van der Waals surface area contributed by atoms with Gasteiger partial charge in [0.1, 0.15) is 11.6 Å². The van der Waals surface area contributed by atoms with Gasteiger partial charge in [0.25, 0.3) is 0 Å². The smallest absolute Gasteiger partial charge is 0.238 e. The van der Waals surface area contributed by atoms with Gasteiger partial charge in [0, 0.05) is 35.4 Å². The highest BCUT2D eigenvalue weighted by atomic mass is 79.9. The molecule has 0 spiro atoms. The van der Waals surface area contributed by atoms with Crippen molar-refractivity contribution in [3.8, 4) is 0 Å². The number of nitrogens with zero attached hydrogens (tertiary/aromatic N) is 3. The van der Waals surface area contributed by atoms with E-state index in [1.54, 1.807) is 0 Å². The Morgan fingerprint density at radius 2 is 1.93 bits per heavy atom. The fourth-order valence-corrected chi connectivity index (χ4v) is 4.19. The number of rotatable bonds is 4. The van der Waals surface area contributed by atoms with Crippen LogP contribution in [0.1, 0.15) is 24.7 Å². The molecular weight excluding hydrogens is 423 g/mol. The van der Waals surface area contributed by atoms with Crippen LogP contribution in [0.4, 0.5) is 10.1 Å². The second-order valence-electron chi connectivity index (χ2n) is 7.22. The molecule has 4 rings (SSSR count). The highest BCUT2D eigenvalue weighted by Crippen LogP contribution is 2.29. The third-order valence-electron chi connectivity index (χ3n) is 5.25. The molecule has 1 aromatic heterocycles. The monoisotopic (exact) mass is 444 g/mol. The molecule has 1 aliphatic rings. The van der Waals surface area contributed by atoms with E-state index in [1.807, 2.05) is 37.3 Å². The van der Waals surface area contributed by atoms with E-state index in [0.717, 1.165) is 47.4 Å². The molecule has 1 amide bonds. The van der Waals surface area contributed by atoms with Gasteiger partial charge in [-0.2, -0.15) is 0 Å². The summed E-state index contributed by atoms with van der Waals surface area (Å²) in [5, 5.41) is 2.94. The lowest BCUT2D eigenvalue weighted by Crippen LogP contribution is -2.39. The molecule has 0 saturated carbocycles. The molecule has 1 aliphatic heterocycles. The Kier molecular flexibility index (Phi) is 5.46. The second-order valence-corrected chi connectivity index (χ2v) is 8.14. The number of aryl methyl sites for hydroxylation is 1. The van der Waals surface area contributed by atoms with Crippen molar-refractivity contribution in [3.05, 3.63) is 58.6 Å². The number of carbonyl (C=O) groups is 1. The van der Waals surface area contributed by atoms with Crippen LogP contribution in [0.5, 0.6) is 0 Å². The number of hydrogen-bond donors (Lipinski definition) is 1. The molecule has 1 saturated heterocycles. The van der Waals surface area contributed by atoms with Gasteiger partial charge in [0.05, 0.1) is 17.6 Å². The van der Waals surface area contributed by atoms with E-state index in [2.05, 4.69) is 35.7 Å². The van der Waals surface area contributed by atoms with Crippen LogP contribution in [0.2, 0.25) is 0 Å². The van der Waals surface area contributed by atoms with Crippen molar-refractivity contribution in [1.29, 1.82) is 0 Å². The Morgan fingerprint density at radius 3 is 2.64 bits per heavy atom. The standard InChI is InChI=1S/C21H22BrFN4O/c1-14-24-19-12-16(23)4-7-20(19)27(14)18-8-10-26(11-9-18)13-21(28)25-17-5-2-15(22)3-6-17/h2-7,12,18H,8-11,13H2,1H3,(H,25,28). The molecule has 0 aliphatic carbocycles. The number of benzene rings is 2. The molecular formula is C21H22BrFN4O. The lowest BCUT2D eigenvalue weighted by molar-refractivity contribution is -0.117. The summed E-state index contributed by atoms with van der Waals surface area (Å²) in [6, 6.07) is 12.7. The summed E-state index contributed by atoms with van der Waals surface area (Å²) >= 11 is 3.39. The Morgan fingerprint density at radius 1 is 1.21 bits per heavy atom. The number of aromatic nitrogens is 2. The molecule has 0 unspecified atom stereocenters. The fourth-order valence-electron chi connectivity index (χ4n) is 3.93. The Bertz CT molecular complexity index is 994. The average Bonchev–Trinajstić information content (AvgIpc) is 2.99. The van der Waals surface area contributed by atoms with Gasteiger partial charge in [-0.1, -0.05) is 15.9 Å². The van der Waals surface area contributed by atoms with Crippen molar-refractivity contribution in [2.24, 2.45) is 0 Å². The molecule has 0 atom stereocenters. The van der Waals surface area contributed by atoms with E-state index in [-0.39, 0.29) is 11.7 Å². The van der Waals surface area contributed by atoms with Crippen molar-refractivity contribution in [2.45, 2.75) is 25.8 Å². The number of anilines is 1. The molecule has 0 bridgehead atoms. The molecule has 2 heterocycles. The molecule has 28 heavy (non-hydrogen) atoms. The Labute approximate surface area is 171 Å². The van der Waals surface area contributed by atoms with Crippen LogP contribution in [0.15, 0.2) is 46.9 Å². The maximum absolute atomic E-state index is 13.5. The first kappa shape index (κ1) is 19.1. The van der Waals surface area contributed by atoms with Gasteiger partial charge in [-0.25, -0.2) is 9.37 Å². The summed E-state index contributed by atoms with van der Waals surface area (Å²) in [5.74, 6) is 0.649. The van der Waals surface area contributed by atoms with E-state index in [0.29, 0.717) is 18.1 Å². The topological polar surface area (TPSA) is 50.2 Å². The minimum absolute atomic E-state index is 0.000471. The molecule has 0 radical (unpaired) electrons. The normalized spacial score (nSPS) is 15.8. The third-order valence-corrected chi connectivity index (χ3v) is 5.77. The summed E-state index contributed by atoms with van der Waals surface area (Å²) in [6.07, 6.45) is 1.88. The Hall–Kier alpha value is -2.25. The summed E-state index contributed by atoms with van der Waals surface area (Å²) < 4.78 is 16.7. The van der Waals surface area contributed by atoms with E-state index in [4.69, 9.17) is 0 Å². The fraction of sp³-hybridized carbons (Fsp3) is 0.333. The third kappa shape index (κ3) is 4.10. The van der Waals surface area contributed by atoms with Crippen LogP contribution in [0.25, 0.3) is 11.0 Å². The second kappa shape index (κ2) is 8.01. The molecule has 7 heteroatoms. The molecule has 5 nitrogen and oxygen atoms in total. The molecule has 3 aromatic rings. The van der Waals surface area contributed by atoms with Gasteiger partial charge in [-0.05, 0) is 56.2 Å². The minimum Gasteiger partial charge on any atom is -0.325 e. The SMILES string of the molecule is Cc1nc2cc(F)ccc2n1C1CCN(CC(=O)Nc2ccc(Br)cc2)CC1. The number of halogens is 2. The summed E-state index contributed by atoms with van der Waals surface area (Å²) in [5.41, 5.74) is 2.48. The maximum atomic E-state index is 13.5. The highest BCUT2D eigenvalue weighted by molar-refractivity contribution is 9.10. The van der Waals surface area contributed by atoms with Gasteiger partial charge in [0.2, 0.25) is 5.91 Å². The molecule has 1 N–H and O–H groups in total. The number of fused-ring (bicyclic) bond motifs is 1. The van der Waals surface area contributed by atoms with E-state index >= 15 is 0 Å². The van der Waals surface area contributed by atoms with E-state index in [1.165, 1.54) is 12.1 Å². The largest absolute Gasteiger partial charge is 0.325 e. The summed E-state index contributed by atoms with van der Waals surface area (Å²) in [6.45, 7) is 4.05. The van der Waals surface area contributed by atoms with Crippen LogP contribution >= 0.6 is 15.9 Å². The Balaban J connectivity index is 1.36. The van der Waals surface area contributed by atoms with Gasteiger partial charge in [-0.15, -0.1) is 0 Å². The molecule has 146 valence electrons. The average molecular weight is 445 g/mol. The van der Waals surface area contributed by atoms with Crippen molar-refractivity contribution in [2.75, 3.05) is 25.0 Å². The zero-order valence-electron chi connectivity index (χ0n) is 15.7. The number of imidazole rings is 1. The minimum atomic E-state index is -0.260. The lowest BCUT2D eigenvalue weighted by Gasteiger charge is -2.33. The predicted molar refractivity (Wildman–Crippen MR) is 112 cm³/mol. The van der Waals surface area contributed by atoms with Crippen LogP contribution in [-0.2, 0) is 4.79 Å². The number of piperidine rings is 1. The number of hydrogen-bond acceptors (Lipinski definition) is 3. The first-order valence-electron chi connectivity index (χ1n) is 9.41. The van der Waals surface area contributed by atoms with Crippen molar-refractivity contribution in [3.63, 3.8) is 0 Å². The van der Waals surface area contributed by atoms with Crippen LogP contribution < -0.4 is 5.32 Å². The summed E-state index contributed by atoms with van der Waals surface area (Å²) in [7, 11) is 0. The molecule has 2 aromatic carbocycles. The quantitative estimate of drug-likeness (QED) is 0.643. The number of amides is 1. The zero-order valence-corrected chi connectivity index (χ0v) is 17.2. The van der Waals surface area contributed by atoms with E-state index in [9.17, 15) is 9.18 Å². The van der Waals surface area contributed by atoms with Crippen LogP contribution in [0.3, 0.4) is 0 Å². The van der Waals surface area contributed by atoms with Gasteiger partial charge in [0.15, 0.2) is 0 Å². The van der Waals surface area contributed by atoms with Gasteiger partial charge < -0.3 is 9.88 Å². The maximum Gasteiger partial charge on any atom is 0.238 e. The first-order chi connectivity index (χ1) is 13.5. The summed E-state index contributed by atoms with van der Waals surface area (Å²) in [4.78, 5) is 19.0. The van der Waals surface area contributed by atoms with Crippen molar-refractivity contribution >= 4 is 38.6 Å². The van der Waals surface area contributed by atoms with Crippen molar-refractivity contribution in [1.82, 2.24) is 14.5 Å². The van der Waals surface area contributed by atoms with Crippen LogP contribution in [0, 0.1) is 12.7 Å². The number of nitrogens with one attached hydrogen (secondary N) is 1. The van der Waals surface area contributed by atoms with Crippen molar-refractivity contribution < 1.29 is 9.18 Å². The van der Waals surface area contributed by atoms with Gasteiger partial charge in [-0.3, -0.25) is 9.69 Å². The van der Waals surface area contributed by atoms with E-state index < -0.39 is 0 Å². The highest BCUT2D eigenvalue weighted by Gasteiger charge is 2.24. The van der Waals surface area contributed by atoms with Crippen LogP contribution in [-0.4, -0.2) is 40.0 Å². The number of likely N-dealkylation sites (tertiary alicyclic amines) is 1. The lowest BCUT2D eigenvalue weighted by atomic mass is 10.0. The zero-order chi connectivity index (χ0) is 19.7. The number of carbonyl (C=O) groups excluding carboxylic acids is 1. The predicted octanol–water partition coefficient (Wildman–Crippen LogP) is 4.52. The molecule has 1 fully saturated rings. The first-order valence-corrected chi connectivity index (χ1v) is 10.2.